The first-order chi connectivity index (χ1) is 23.0. The monoisotopic (exact) mass is 790 g/mol. The molecule has 3 aromatic rings. The Morgan fingerprint density at radius 2 is 1.04 bits per heavy atom. The zero-order valence-electron chi connectivity index (χ0n) is 30.3. The van der Waals surface area contributed by atoms with Crippen molar-refractivity contribution in [2.24, 2.45) is 21.7 Å². The molecule has 0 unspecified atom stereocenters. The number of carbonyl (C=O) groups excluding carboxylic acids is 1. The van der Waals surface area contributed by atoms with Gasteiger partial charge in [-0.3, -0.25) is 20.6 Å². The normalized spacial score (nSPS) is 12.7. The van der Waals surface area contributed by atoms with Crippen molar-refractivity contribution < 1.29 is 94.1 Å². The number of hydrazine groups is 1. The fourth-order valence-corrected chi connectivity index (χ4v) is 3.68. The Bertz CT molecular complexity index is 1790. The second kappa shape index (κ2) is 26.7. The standard InChI is InChI=1S/C11H13N.C11H12N.C6H8N2.C5H10O.K.3O3S/c2*1-8-11(2,3)9-6-4-5-7-10(9)12-8;7-8-6-4-2-1-3-5-6;1-4(2)5(3)6;;3*1-4(2)3/h4-7H,1-3H3;5-7H,1-3H3;1-5,8H,7H2;4H,1-3H3;;;;/q;-1;;;+1;;;. The van der Waals surface area contributed by atoms with Crippen LogP contribution in [0.2, 0.25) is 0 Å². The Labute approximate surface area is 347 Å². The van der Waals surface area contributed by atoms with Crippen molar-refractivity contribution in [3.63, 3.8) is 0 Å². The summed E-state index contributed by atoms with van der Waals surface area (Å²) in [7, 11) is -9.33. The van der Waals surface area contributed by atoms with Gasteiger partial charge in [-0.2, -0.15) is 18.2 Å². The minimum Gasteiger partial charge on any atom is -0.324 e. The van der Waals surface area contributed by atoms with Crippen LogP contribution in [-0.4, -0.2) is 55.1 Å². The number of nitrogens with zero attached hydrogens (tertiary/aromatic N) is 2. The molecule has 0 spiro atoms. The Kier molecular flexibility index (Phi) is 27.3. The molecule has 0 fully saturated rings. The Morgan fingerprint density at radius 1 is 0.686 bits per heavy atom. The van der Waals surface area contributed by atoms with E-state index in [9.17, 15) is 4.79 Å². The predicted molar refractivity (Wildman–Crippen MR) is 192 cm³/mol. The van der Waals surface area contributed by atoms with E-state index in [1.54, 1.807) is 6.92 Å². The maximum Gasteiger partial charge on any atom is 1.00 e. The first kappa shape index (κ1) is 52.3. The molecule has 3 aromatic carbocycles. The van der Waals surface area contributed by atoms with E-state index in [0.29, 0.717) is 0 Å². The Hall–Kier alpha value is -3.07. The number of nitrogens with two attached hydrogens (primary N) is 1. The SMILES string of the molecule is CC(=O)C(C)C.CC1=Nc2cc[c-]cc2C1(C)C.CC1=Nc2ccccc2C1(C)C.NNc1ccccc1.O=S(=O)=O.O=S(=O)=O.O=S(=O)=O.[K+]. The van der Waals surface area contributed by atoms with E-state index in [4.69, 9.17) is 43.7 Å². The second-order valence-electron chi connectivity index (χ2n) is 11.5. The molecule has 0 bridgehead atoms. The van der Waals surface area contributed by atoms with Gasteiger partial charge >= 0.3 is 83.2 Å². The van der Waals surface area contributed by atoms with Gasteiger partial charge in [0, 0.05) is 28.4 Å². The molecule has 0 radical (unpaired) electrons. The Balaban J connectivity index is -0.000000555. The molecule has 14 nitrogen and oxygen atoms in total. The summed E-state index contributed by atoms with van der Waals surface area (Å²) >= 11 is 0. The quantitative estimate of drug-likeness (QED) is 0.165. The van der Waals surface area contributed by atoms with Gasteiger partial charge in [0.2, 0.25) is 0 Å². The summed E-state index contributed by atoms with van der Waals surface area (Å²) in [5.41, 5.74) is 11.0. The van der Waals surface area contributed by atoms with Crippen molar-refractivity contribution in [2.45, 2.75) is 73.1 Å². The number of nitrogens with one attached hydrogen (secondary N) is 1. The van der Waals surface area contributed by atoms with E-state index >= 15 is 0 Å². The molecule has 0 saturated carbocycles. The summed E-state index contributed by atoms with van der Waals surface area (Å²) in [5.74, 6) is 5.57. The van der Waals surface area contributed by atoms with Crippen LogP contribution in [0.15, 0.2) is 82.8 Å². The van der Waals surface area contributed by atoms with E-state index in [-0.39, 0.29) is 73.9 Å². The number of Topliss-reactive ketones (excluding diaryl/α,β-unsaturated/α-hetero) is 1. The molecule has 2 aliphatic heterocycles. The van der Waals surface area contributed by atoms with Crippen molar-refractivity contribution in [1.82, 2.24) is 0 Å². The van der Waals surface area contributed by atoms with Gasteiger partial charge in [0.05, 0.1) is 5.69 Å². The summed E-state index contributed by atoms with van der Waals surface area (Å²) in [6.07, 6.45) is 0. The van der Waals surface area contributed by atoms with Crippen LogP contribution in [0.25, 0.3) is 0 Å². The fourth-order valence-electron chi connectivity index (χ4n) is 3.68. The molecule has 0 saturated heterocycles. The van der Waals surface area contributed by atoms with Gasteiger partial charge in [0.15, 0.2) is 0 Å². The third kappa shape index (κ3) is 22.5. The minimum atomic E-state index is -3.11. The number of aliphatic imine (C=N–C) groups is 2. The molecule has 51 heavy (non-hydrogen) atoms. The molecule has 18 heteroatoms. The maximum atomic E-state index is 10.1. The van der Waals surface area contributed by atoms with E-state index in [2.05, 4.69) is 81.2 Å². The summed E-state index contributed by atoms with van der Waals surface area (Å²) < 4.78 is 76.0. The number of benzene rings is 3. The van der Waals surface area contributed by atoms with Crippen molar-refractivity contribution >= 4 is 66.1 Å². The van der Waals surface area contributed by atoms with Crippen LogP contribution >= 0.6 is 0 Å². The largest absolute Gasteiger partial charge is 1.00 e. The summed E-state index contributed by atoms with van der Waals surface area (Å²) in [5, 5.41) is 0. The molecule has 0 aliphatic carbocycles. The molecule has 0 amide bonds. The number of rotatable bonds is 2. The number of anilines is 1. The van der Waals surface area contributed by atoms with Gasteiger partial charge in [0.25, 0.3) is 0 Å². The van der Waals surface area contributed by atoms with Gasteiger partial charge < -0.3 is 5.43 Å². The van der Waals surface area contributed by atoms with Crippen molar-refractivity contribution in [3.8, 4) is 0 Å². The molecular formula is C33H43KN4O10S3. The van der Waals surface area contributed by atoms with Crippen LogP contribution in [-0.2, 0) is 47.5 Å². The van der Waals surface area contributed by atoms with Gasteiger partial charge in [-0.15, -0.1) is 49.5 Å². The predicted octanol–water partition coefficient (Wildman–Crippen LogP) is 2.14. The molecule has 0 aromatic heterocycles. The molecule has 3 N–H and O–H groups in total. The number of nitrogen functional groups attached to an aromatic ring is 1. The van der Waals surface area contributed by atoms with Crippen molar-refractivity contribution in [2.75, 3.05) is 5.43 Å². The first-order valence-corrected chi connectivity index (χ1v) is 17.6. The van der Waals surface area contributed by atoms with Gasteiger partial charge in [0.1, 0.15) is 5.78 Å². The number of ketones is 1. The third-order valence-electron chi connectivity index (χ3n) is 7.23. The fraction of sp³-hybridized carbons (Fsp3) is 0.364. The van der Waals surface area contributed by atoms with Crippen LogP contribution in [0.3, 0.4) is 0 Å². The van der Waals surface area contributed by atoms with Gasteiger partial charge in [-0.25, -0.2) is 0 Å². The summed E-state index contributed by atoms with van der Waals surface area (Å²) in [6, 6.07) is 27.0. The first-order valence-electron chi connectivity index (χ1n) is 14.6. The molecular weight excluding hydrogens is 748 g/mol. The average molecular weight is 791 g/mol. The van der Waals surface area contributed by atoms with Crippen LogP contribution in [0, 0.1) is 12.0 Å². The molecule has 5 rings (SSSR count). The van der Waals surface area contributed by atoms with E-state index in [0.717, 1.165) is 17.1 Å². The number of fused-ring (bicyclic) bond motifs is 2. The van der Waals surface area contributed by atoms with Crippen LogP contribution < -0.4 is 62.7 Å². The summed E-state index contributed by atoms with van der Waals surface area (Å²) in [6.45, 7) is 18.4. The maximum absolute atomic E-state index is 10.1. The third-order valence-corrected chi connectivity index (χ3v) is 7.23. The van der Waals surface area contributed by atoms with E-state index in [1.807, 2.05) is 68.4 Å². The second-order valence-corrected chi connectivity index (χ2v) is 12.7. The smallest absolute Gasteiger partial charge is 0.324 e. The van der Waals surface area contributed by atoms with Gasteiger partial charge in [-0.1, -0.05) is 77.9 Å². The van der Waals surface area contributed by atoms with E-state index in [1.165, 1.54) is 22.6 Å². The molecule has 2 aliphatic rings. The van der Waals surface area contributed by atoms with Gasteiger partial charge in [-0.05, 0) is 55.6 Å². The molecule has 0 atom stereocenters. The van der Waals surface area contributed by atoms with Crippen molar-refractivity contribution in [1.29, 1.82) is 0 Å². The average Bonchev–Trinajstić information content (AvgIpc) is 3.39. The molecule has 274 valence electrons. The van der Waals surface area contributed by atoms with Crippen molar-refractivity contribution in [3.05, 3.63) is 90.0 Å². The molecule has 2 heterocycles. The summed E-state index contributed by atoms with van der Waals surface area (Å²) in [4.78, 5) is 19.2. The van der Waals surface area contributed by atoms with E-state index < -0.39 is 31.8 Å². The number of hydrogen-bond acceptors (Lipinski definition) is 14. The zero-order chi connectivity index (χ0) is 39.2. The van der Waals surface area contributed by atoms with Crippen LogP contribution in [0.4, 0.5) is 17.1 Å². The number of hydrogen-bond donors (Lipinski definition) is 2. The van der Waals surface area contributed by atoms with Crippen LogP contribution in [0.5, 0.6) is 0 Å². The zero-order valence-corrected chi connectivity index (χ0v) is 35.9. The Morgan fingerprint density at radius 3 is 1.37 bits per heavy atom. The number of para-hydroxylation sites is 2. The topological polar surface area (TPSA) is 233 Å². The van der Waals surface area contributed by atoms with Crippen LogP contribution in [0.1, 0.15) is 73.4 Å². The number of carbonyl (C=O) groups is 1. The minimum absolute atomic E-state index is 0.